The van der Waals surface area contributed by atoms with Gasteiger partial charge in [0.05, 0.1) is 19.2 Å². The SMILES string of the molecule is CCOC(=O)c1cc2ccc(C(C)(F)F)cc2nc1OC. The Labute approximate surface area is 120 Å². The summed E-state index contributed by atoms with van der Waals surface area (Å²) in [6.07, 6.45) is 0. The van der Waals surface area contributed by atoms with Crippen molar-refractivity contribution in [3.05, 3.63) is 35.4 Å². The van der Waals surface area contributed by atoms with Crippen molar-refractivity contribution in [1.82, 2.24) is 4.98 Å². The summed E-state index contributed by atoms with van der Waals surface area (Å²) in [6, 6.07) is 5.62. The molecule has 1 heterocycles. The van der Waals surface area contributed by atoms with E-state index in [0.29, 0.717) is 10.9 Å². The Morgan fingerprint density at radius 3 is 2.62 bits per heavy atom. The summed E-state index contributed by atoms with van der Waals surface area (Å²) in [6.45, 7) is 2.73. The number of nitrogens with zero attached hydrogens (tertiary/aromatic N) is 1. The van der Waals surface area contributed by atoms with Gasteiger partial charge < -0.3 is 9.47 Å². The van der Waals surface area contributed by atoms with Crippen molar-refractivity contribution in [2.75, 3.05) is 13.7 Å². The largest absolute Gasteiger partial charge is 0.480 e. The van der Waals surface area contributed by atoms with Crippen LogP contribution < -0.4 is 4.74 Å². The maximum atomic E-state index is 13.3. The third-order valence-corrected chi connectivity index (χ3v) is 2.98. The van der Waals surface area contributed by atoms with Crippen LogP contribution in [-0.4, -0.2) is 24.7 Å². The number of carbonyl (C=O) groups excluding carboxylic acids is 1. The van der Waals surface area contributed by atoms with E-state index in [1.165, 1.54) is 31.4 Å². The second-order valence-electron chi connectivity index (χ2n) is 4.56. The number of hydrogen-bond donors (Lipinski definition) is 0. The molecule has 1 aromatic carbocycles. The molecule has 6 heteroatoms. The lowest BCUT2D eigenvalue weighted by molar-refractivity contribution is 0.0175. The normalized spacial score (nSPS) is 11.5. The Bertz CT molecular complexity index is 680. The Hall–Kier alpha value is -2.24. The second-order valence-corrected chi connectivity index (χ2v) is 4.56. The zero-order valence-corrected chi connectivity index (χ0v) is 11.9. The number of methoxy groups -OCH3 is 1. The summed E-state index contributed by atoms with van der Waals surface area (Å²) in [5.74, 6) is -3.46. The van der Waals surface area contributed by atoms with E-state index in [9.17, 15) is 13.6 Å². The van der Waals surface area contributed by atoms with E-state index >= 15 is 0 Å². The minimum Gasteiger partial charge on any atom is -0.480 e. The van der Waals surface area contributed by atoms with Gasteiger partial charge in [0.2, 0.25) is 5.88 Å². The molecule has 4 nitrogen and oxygen atoms in total. The highest BCUT2D eigenvalue weighted by atomic mass is 19.3. The Kier molecular flexibility index (Phi) is 4.06. The molecule has 0 spiro atoms. The van der Waals surface area contributed by atoms with Gasteiger partial charge in [-0.25, -0.2) is 18.6 Å². The quantitative estimate of drug-likeness (QED) is 0.810. The molecular weight excluding hydrogens is 280 g/mol. The van der Waals surface area contributed by atoms with Gasteiger partial charge in [0.1, 0.15) is 5.56 Å². The van der Waals surface area contributed by atoms with Gasteiger partial charge in [0, 0.05) is 17.9 Å². The third kappa shape index (κ3) is 3.09. The van der Waals surface area contributed by atoms with Crippen molar-refractivity contribution >= 4 is 16.9 Å². The molecule has 112 valence electrons. The molecule has 0 aliphatic rings. The highest BCUT2D eigenvalue weighted by Crippen LogP contribution is 2.30. The zero-order chi connectivity index (χ0) is 15.6. The second kappa shape index (κ2) is 5.63. The van der Waals surface area contributed by atoms with E-state index in [1.807, 2.05) is 0 Å². The molecule has 0 atom stereocenters. The number of aromatic nitrogens is 1. The molecule has 0 saturated heterocycles. The van der Waals surface area contributed by atoms with E-state index < -0.39 is 11.9 Å². The van der Waals surface area contributed by atoms with Crippen LogP contribution in [0.25, 0.3) is 10.9 Å². The Morgan fingerprint density at radius 2 is 2.05 bits per heavy atom. The number of hydrogen-bond acceptors (Lipinski definition) is 4. The number of benzene rings is 1. The van der Waals surface area contributed by atoms with Crippen LogP contribution in [0.15, 0.2) is 24.3 Å². The number of pyridine rings is 1. The predicted octanol–water partition coefficient (Wildman–Crippen LogP) is 3.53. The highest BCUT2D eigenvalue weighted by molar-refractivity contribution is 5.96. The van der Waals surface area contributed by atoms with E-state index in [0.717, 1.165) is 6.92 Å². The van der Waals surface area contributed by atoms with Crippen LogP contribution in [0.1, 0.15) is 29.8 Å². The van der Waals surface area contributed by atoms with Gasteiger partial charge in [0.25, 0.3) is 5.92 Å². The first-order valence-electron chi connectivity index (χ1n) is 6.41. The lowest BCUT2D eigenvalue weighted by atomic mass is 10.1. The van der Waals surface area contributed by atoms with Crippen molar-refractivity contribution in [1.29, 1.82) is 0 Å². The number of fused-ring (bicyclic) bond motifs is 1. The third-order valence-electron chi connectivity index (χ3n) is 2.98. The summed E-state index contributed by atoms with van der Waals surface area (Å²) in [5.41, 5.74) is 0.357. The summed E-state index contributed by atoms with van der Waals surface area (Å²) < 4.78 is 36.6. The van der Waals surface area contributed by atoms with Crippen LogP contribution in [0.4, 0.5) is 8.78 Å². The van der Waals surface area contributed by atoms with Crippen molar-refractivity contribution < 1.29 is 23.0 Å². The molecule has 0 amide bonds. The van der Waals surface area contributed by atoms with Crippen LogP contribution in [0.3, 0.4) is 0 Å². The van der Waals surface area contributed by atoms with Crippen molar-refractivity contribution in [2.24, 2.45) is 0 Å². The predicted molar refractivity (Wildman–Crippen MR) is 73.8 cm³/mol. The Morgan fingerprint density at radius 1 is 1.33 bits per heavy atom. The molecule has 0 bridgehead atoms. The minimum absolute atomic E-state index is 0.0533. The van der Waals surface area contributed by atoms with E-state index in [-0.39, 0.29) is 23.6 Å². The van der Waals surface area contributed by atoms with Gasteiger partial charge in [-0.15, -0.1) is 0 Å². The van der Waals surface area contributed by atoms with Gasteiger partial charge in [-0.05, 0) is 19.1 Å². The maximum Gasteiger partial charge on any atom is 0.343 e. The molecule has 0 fully saturated rings. The topological polar surface area (TPSA) is 48.4 Å². The van der Waals surface area contributed by atoms with Gasteiger partial charge in [-0.2, -0.15) is 0 Å². The van der Waals surface area contributed by atoms with Gasteiger partial charge >= 0.3 is 5.97 Å². The number of ether oxygens (including phenoxy) is 2. The van der Waals surface area contributed by atoms with Gasteiger partial charge in [0.15, 0.2) is 0 Å². The first-order valence-corrected chi connectivity index (χ1v) is 6.41. The number of halogens is 2. The average Bonchev–Trinajstić information content (AvgIpc) is 2.44. The highest BCUT2D eigenvalue weighted by Gasteiger charge is 2.25. The molecule has 0 aliphatic carbocycles. The summed E-state index contributed by atoms with van der Waals surface area (Å²) in [7, 11) is 1.36. The molecule has 1 aromatic heterocycles. The first-order chi connectivity index (χ1) is 9.86. The number of alkyl halides is 2. The fraction of sp³-hybridized carbons (Fsp3) is 0.333. The molecule has 0 unspecified atom stereocenters. The number of rotatable bonds is 4. The van der Waals surface area contributed by atoms with Crippen molar-refractivity contribution in [3.8, 4) is 5.88 Å². The molecule has 2 rings (SSSR count). The lowest BCUT2D eigenvalue weighted by Crippen LogP contribution is -2.09. The van der Waals surface area contributed by atoms with Gasteiger partial charge in [-0.3, -0.25) is 0 Å². The first kappa shape index (κ1) is 15.2. The maximum absolute atomic E-state index is 13.3. The summed E-state index contributed by atoms with van der Waals surface area (Å²) in [5, 5.41) is 0.562. The summed E-state index contributed by atoms with van der Waals surface area (Å²) >= 11 is 0. The smallest absolute Gasteiger partial charge is 0.343 e. The monoisotopic (exact) mass is 295 g/mol. The fourth-order valence-electron chi connectivity index (χ4n) is 1.93. The zero-order valence-electron chi connectivity index (χ0n) is 11.9. The molecule has 0 aliphatic heterocycles. The molecular formula is C15H15F2NO3. The molecule has 21 heavy (non-hydrogen) atoms. The molecule has 0 radical (unpaired) electrons. The van der Waals surface area contributed by atoms with Crippen LogP contribution in [-0.2, 0) is 10.7 Å². The van der Waals surface area contributed by atoms with Crippen LogP contribution >= 0.6 is 0 Å². The molecule has 0 saturated carbocycles. The van der Waals surface area contributed by atoms with E-state index in [2.05, 4.69) is 4.98 Å². The standard InChI is InChI=1S/C15H15F2NO3/c1-4-21-14(19)11-7-9-5-6-10(15(2,16)17)8-12(9)18-13(11)20-3/h5-8H,4H2,1-3H3. The van der Waals surface area contributed by atoms with Crippen LogP contribution in [0, 0.1) is 0 Å². The van der Waals surface area contributed by atoms with E-state index in [4.69, 9.17) is 9.47 Å². The average molecular weight is 295 g/mol. The molecule has 2 aromatic rings. The minimum atomic E-state index is -2.96. The van der Waals surface area contributed by atoms with Crippen LogP contribution in [0.5, 0.6) is 5.88 Å². The van der Waals surface area contributed by atoms with E-state index in [1.54, 1.807) is 6.92 Å². The lowest BCUT2D eigenvalue weighted by Gasteiger charge is -2.12. The Balaban J connectivity index is 2.58. The van der Waals surface area contributed by atoms with Gasteiger partial charge in [-0.1, -0.05) is 12.1 Å². The van der Waals surface area contributed by atoms with Crippen molar-refractivity contribution in [3.63, 3.8) is 0 Å². The number of carbonyl (C=O) groups is 1. The van der Waals surface area contributed by atoms with Crippen molar-refractivity contribution in [2.45, 2.75) is 19.8 Å². The summed E-state index contributed by atoms with van der Waals surface area (Å²) in [4.78, 5) is 15.9. The molecule has 0 N–H and O–H groups in total. The fourth-order valence-corrected chi connectivity index (χ4v) is 1.93. The number of esters is 1. The van der Waals surface area contributed by atoms with Crippen LogP contribution in [0.2, 0.25) is 0 Å².